The molecule has 1 atom stereocenters. The first-order valence-electron chi connectivity index (χ1n) is 5.11. The van der Waals surface area contributed by atoms with Crippen molar-refractivity contribution in [2.45, 2.75) is 12.5 Å². The molecule has 0 aliphatic carbocycles. The van der Waals surface area contributed by atoms with Gasteiger partial charge < -0.3 is 11.1 Å². The number of rotatable bonds is 3. The van der Waals surface area contributed by atoms with E-state index in [4.69, 9.17) is 5.73 Å². The molecule has 1 fully saturated rings. The van der Waals surface area contributed by atoms with Crippen LogP contribution in [0.3, 0.4) is 0 Å². The zero-order chi connectivity index (χ0) is 13.3. The number of nitrogens with two attached hydrogens (primary N) is 1. The number of nitrogens with one attached hydrogen (secondary N) is 1. The summed E-state index contributed by atoms with van der Waals surface area (Å²) < 4.78 is 22.5. The number of nitrogen functional groups attached to an aromatic ring is 1. The molecule has 1 aromatic heterocycles. The van der Waals surface area contributed by atoms with E-state index in [1.165, 1.54) is 0 Å². The fourth-order valence-corrected chi connectivity index (χ4v) is 3.36. The van der Waals surface area contributed by atoms with Crippen LogP contribution in [0.2, 0.25) is 0 Å². The van der Waals surface area contributed by atoms with Crippen LogP contribution in [0.1, 0.15) is 6.42 Å². The molecule has 18 heavy (non-hydrogen) atoms. The molecule has 3 N–H and O–H groups in total. The van der Waals surface area contributed by atoms with Crippen LogP contribution in [-0.4, -0.2) is 40.9 Å². The van der Waals surface area contributed by atoms with Gasteiger partial charge in [-0.15, -0.1) is 0 Å². The van der Waals surface area contributed by atoms with Crippen LogP contribution >= 0.6 is 0 Å². The molecule has 0 spiro atoms. The van der Waals surface area contributed by atoms with Crippen LogP contribution < -0.4 is 11.1 Å². The van der Waals surface area contributed by atoms with Gasteiger partial charge in [-0.2, -0.15) is 4.98 Å². The monoisotopic (exact) mass is 273 g/mol. The third-order valence-electron chi connectivity index (χ3n) is 2.56. The zero-order valence-electron chi connectivity index (χ0n) is 9.24. The maximum Gasteiger partial charge on any atom is 0.329 e. The maximum atomic E-state index is 11.2. The first-order valence-corrected chi connectivity index (χ1v) is 6.93. The van der Waals surface area contributed by atoms with E-state index < -0.39 is 14.8 Å². The lowest BCUT2D eigenvalue weighted by Gasteiger charge is -2.10. The fourth-order valence-electron chi connectivity index (χ4n) is 1.69. The van der Waals surface area contributed by atoms with Crippen molar-refractivity contribution in [3.63, 3.8) is 0 Å². The van der Waals surface area contributed by atoms with Gasteiger partial charge in [0.15, 0.2) is 9.84 Å². The molecule has 1 aliphatic heterocycles. The minimum atomic E-state index is -3.00. The SMILES string of the molecule is Nc1nc(N[C@H]2CCS(=O)(=O)C2)ncc1[N+](=O)[O-]. The Bertz CT molecular complexity index is 587. The maximum absolute atomic E-state index is 11.2. The highest BCUT2D eigenvalue weighted by Crippen LogP contribution is 2.20. The molecule has 0 radical (unpaired) electrons. The highest BCUT2D eigenvalue weighted by Gasteiger charge is 2.28. The fraction of sp³-hybridized carbons (Fsp3) is 0.500. The highest BCUT2D eigenvalue weighted by atomic mass is 32.2. The molecule has 10 heteroatoms. The van der Waals surface area contributed by atoms with Crippen molar-refractivity contribution in [1.82, 2.24) is 9.97 Å². The quantitative estimate of drug-likeness (QED) is 0.558. The number of hydrogen-bond acceptors (Lipinski definition) is 8. The number of nitro groups is 1. The van der Waals surface area contributed by atoms with Crippen LogP contribution in [0.15, 0.2) is 6.20 Å². The molecule has 0 saturated carbocycles. The Morgan fingerprint density at radius 2 is 2.28 bits per heavy atom. The molecule has 2 heterocycles. The average Bonchev–Trinajstić information content (AvgIpc) is 2.57. The standard InChI is InChI=1S/C8H11N5O4S/c9-7-6(13(14)15)3-10-8(12-7)11-5-1-2-18(16,17)4-5/h3,5H,1-2,4H2,(H3,9,10,11,12)/t5-/m0/s1. The van der Waals surface area contributed by atoms with Crippen molar-refractivity contribution in [1.29, 1.82) is 0 Å². The van der Waals surface area contributed by atoms with Gasteiger partial charge in [-0.3, -0.25) is 10.1 Å². The lowest BCUT2D eigenvalue weighted by atomic mass is 10.3. The predicted octanol–water partition coefficient (Wildman–Crippen LogP) is -0.434. The molecule has 0 aromatic carbocycles. The second kappa shape index (κ2) is 4.37. The molecule has 2 rings (SSSR count). The predicted molar refractivity (Wildman–Crippen MR) is 63.8 cm³/mol. The molecule has 0 unspecified atom stereocenters. The second-order valence-corrected chi connectivity index (χ2v) is 6.19. The van der Waals surface area contributed by atoms with Crippen molar-refractivity contribution in [2.75, 3.05) is 22.6 Å². The summed E-state index contributed by atoms with van der Waals surface area (Å²) in [5, 5.41) is 13.3. The van der Waals surface area contributed by atoms with Crippen molar-refractivity contribution < 1.29 is 13.3 Å². The van der Waals surface area contributed by atoms with E-state index in [0.29, 0.717) is 6.42 Å². The summed E-state index contributed by atoms with van der Waals surface area (Å²) >= 11 is 0. The van der Waals surface area contributed by atoms with E-state index in [2.05, 4.69) is 15.3 Å². The Hall–Kier alpha value is -1.97. The topological polar surface area (TPSA) is 141 Å². The Balaban J connectivity index is 2.12. The van der Waals surface area contributed by atoms with Gasteiger partial charge in [0.25, 0.3) is 0 Å². The van der Waals surface area contributed by atoms with Gasteiger partial charge in [0, 0.05) is 6.04 Å². The number of anilines is 2. The summed E-state index contributed by atoms with van der Waals surface area (Å²) in [4.78, 5) is 17.3. The molecule has 1 saturated heterocycles. The number of hydrogen-bond donors (Lipinski definition) is 2. The molecule has 1 aromatic rings. The van der Waals surface area contributed by atoms with E-state index in [9.17, 15) is 18.5 Å². The van der Waals surface area contributed by atoms with Crippen LogP contribution in [0, 0.1) is 10.1 Å². The van der Waals surface area contributed by atoms with E-state index in [-0.39, 0.29) is 35.0 Å². The van der Waals surface area contributed by atoms with E-state index in [1.807, 2.05) is 0 Å². The first-order chi connectivity index (χ1) is 8.37. The summed E-state index contributed by atoms with van der Waals surface area (Å²) in [6.45, 7) is 0. The summed E-state index contributed by atoms with van der Waals surface area (Å²) in [6, 6.07) is -0.282. The molecule has 98 valence electrons. The normalized spacial score (nSPS) is 21.7. The van der Waals surface area contributed by atoms with Gasteiger partial charge in [-0.25, -0.2) is 13.4 Å². The lowest BCUT2D eigenvalue weighted by molar-refractivity contribution is -0.384. The van der Waals surface area contributed by atoms with E-state index in [0.717, 1.165) is 6.20 Å². The minimum Gasteiger partial charge on any atom is -0.378 e. The Kier molecular flexibility index (Phi) is 3.03. The van der Waals surface area contributed by atoms with Crippen molar-refractivity contribution in [3.05, 3.63) is 16.3 Å². The van der Waals surface area contributed by atoms with Crippen LogP contribution in [0.25, 0.3) is 0 Å². The van der Waals surface area contributed by atoms with Gasteiger partial charge >= 0.3 is 5.69 Å². The lowest BCUT2D eigenvalue weighted by Crippen LogP contribution is -2.22. The first kappa shape index (κ1) is 12.5. The smallest absolute Gasteiger partial charge is 0.329 e. The average molecular weight is 273 g/mol. The van der Waals surface area contributed by atoms with Gasteiger partial charge in [-0.1, -0.05) is 0 Å². The summed E-state index contributed by atoms with van der Waals surface area (Å²) in [6.07, 6.45) is 1.46. The Labute approximate surface area is 102 Å². The van der Waals surface area contributed by atoms with Gasteiger partial charge in [0.1, 0.15) is 6.20 Å². The molecule has 0 amide bonds. The summed E-state index contributed by atoms with van der Waals surface area (Å²) in [5.41, 5.74) is 5.02. The zero-order valence-corrected chi connectivity index (χ0v) is 10.1. The third-order valence-corrected chi connectivity index (χ3v) is 4.33. The third kappa shape index (κ3) is 2.64. The van der Waals surface area contributed by atoms with E-state index >= 15 is 0 Å². The Morgan fingerprint density at radius 3 is 2.78 bits per heavy atom. The van der Waals surface area contributed by atoms with E-state index in [1.54, 1.807) is 0 Å². The van der Waals surface area contributed by atoms with Crippen LogP contribution in [0.5, 0.6) is 0 Å². The number of sulfone groups is 1. The molecule has 0 bridgehead atoms. The van der Waals surface area contributed by atoms with Gasteiger partial charge in [0.2, 0.25) is 11.8 Å². The van der Waals surface area contributed by atoms with Gasteiger partial charge in [-0.05, 0) is 6.42 Å². The molecule has 9 nitrogen and oxygen atoms in total. The molecular formula is C8H11N5O4S. The largest absolute Gasteiger partial charge is 0.378 e. The summed E-state index contributed by atoms with van der Waals surface area (Å²) in [5.74, 6) is -0.0287. The van der Waals surface area contributed by atoms with Crippen molar-refractivity contribution in [2.24, 2.45) is 0 Å². The van der Waals surface area contributed by atoms with Crippen molar-refractivity contribution in [3.8, 4) is 0 Å². The highest BCUT2D eigenvalue weighted by molar-refractivity contribution is 7.91. The number of aromatic nitrogens is 2. The molecular weight excluding hydrogens is 262 g/mol. The van der Waals surface area contributed by atoms with Crippen LogP contribution in [0.4, 0.5) is 17.5 Å². The second-order valence-electron chi connectivity index (χ2n) is 3.97. The summed E-state index contributed by atoms with van der Waals surface area (Å²) in [7, 11) is -3.00. The molecule has 1 aliphatic rings. The minimum absolute atomic E-state index is 0.00719. The van der Waals surface area contributed by atoms with Crippen LogP contribution in [-0.2, 0) is 9.84 Å². The Morgan fingerprint density at radius 1 is 1.56 bits per heavy atom. The van der Waals surface area contributed by atoms with Gasteiger partial charge in [0.05, 0.1) is 16.4 Å². The number of nitrogens with zero attached hydrogens (tertiary/aromatic N) is 3. The van der Waals surface area contributed by atoms with Crippen molar-refractivity contribution >= 4 is 27.3 Å².